The Labute approximate surface area is 256 Å². The second-order valence-electron chi connectivity index (χ2n) is 11.6. The molecule has 1 aliphatic carbocycles. The van der Waals surface area contributed by atoms with Crippen LogP contribution in [0.3, 0.4) is 0 Å². The van der Waals surface area contributed by atoms with Gasteiger partial charge >= 0.3 is 0 Å². The van der Waals surface area contributed by atoms with E-state index in [1.807, 2.05) is 12.1 Å². The maximum absolute atomic E-state index is 12.1. The number of hydrogen-bond donors (Lipinski definition) is 2. The van der Waals surface area contributed by atoms with Crippen molar-refractivity contribution in [2.75, 3.05) is 31.6 Å². The highest BCUT2D eigenvalue weighted by Gasteiger charge is 2.21. The van der Waals surface area contributed by atoms with E-state index < -0.39 is 0 Å². The van der Waals surface area contributed by atoms with Gasteiger partial charge in [0.25, 0.3) is 0 Å². The van der Waals surface area contributed by atoms with Crippen LogP contribution < -0.4 is 20.7 Å². The Morgan fingerprint density at radius 2 is 1.77 bits per heavy atom. The minimum atomic E-state index is -0.300. The molecule has 7 heteroatoms. The average Bonchev–Trinajstić information content (AvgIpc) is 3.41. The molecule has 2 radical (unpaired) electrons. The molecule has 4 aromatic rings. The summed E-state index contributed by atoms with van der Waals surface area (Å²) in [6, 6.07) is 23.0. The molecular weight excluding hydrogens is 534 g/mol. The van der Waals surface area contributed by atoms with Gasteiger partial charge in [-0.15, -0.1) is 0 Å². The molecule has 226 valence electrons. The standard InChI is InChI=1S/C36H45N5O2/c1-4-40(5-2)30-16-13-28(14-17-30)36-39-33-23-29(32(24-35(37)42)38-25-27-9-7-6-8-10-27)15-20-34(33)41(36)22-21-26-11-18-31(43-3)19-12-26/h11-20,23,27,32,38H,1-2,4-10,21-22,24-25H2,3H3,(H2,37,42). The fraction of sp³-hybridized carbons (Fsp3) is 0.389. The number of hydrogen-bond acceptors (Lipinski definition) is 5. The van der Waals surface area contributed by atoms with Gasteiger partial charge in [0.1, 0.15) is 11.6 Å². The van der Waals surface area contributed by atoms with E-state index in [2.05, 4.69) is 83.2 Å². The number of fused-ring (bicyclic) bond motifs is 1. The lowest BCUT2D eigenvalue weighted by molar-refractivity contribution is -0.118. The second kappa shape index (κ2) is 14.6. The number of imidazole rings is 1. The van der Waals surface area contributed by atoms with Crippen molar-refractivity contribution in [2.45, 2.75) is 57.5 Å². The van der Waals surface area contributed by atoms with Crippen LogP contribution in [0.2, 0.25) is 0 Å². The number of nitrogens with zero attached hydrogens (tertiary/aromatic N) is 3. The molecule has 0 bridgehead atoms. The molecule has 3 aromatic carbocycles. The quantitative estimate of drug-likeness (QED) is 0.178. The SMILES string of the molecule is [CH2]CN(C[CH2])c1ccc(-c2nc3cc(C(CC(N)=O)NCC4CCCCC4)ccc3n2CCc2ccc(OC)cc2)cc1. The van der Waals surface area contributed by atoms with E-state index in [9.17, 15) is 4.79 Å². The van der Waals surface area contributed by atoms with Crippen molar-refractivity contribution < 1.29 is 9.53 Å². The molecule has 1 heterocycles. The smallest absolute Gasteiger partial charge is 0.219 e. The third-order valence-electron chi connectivity index (χ3n) is 8.77. The number of methoxy groups -OCH3 is 1. The zero-order valence-electron chi connectivity index (χ0n) is 25.4. The van der Waals surface area contributed by atoms with Gasteiger partial charge in [0.2, 0.25) is 5.91 Å². The molecule has 1 saturated carbocycles. The number of primary amides is 1. The molecule has 0 aliphatic heterocycles. The summed E-state index contributed by atoms with van der Waals surface area (Å²) in [7, 11) is 1.69. The maximum Gasteiger partial charge on any atom is 0.219 e. The summed E-state index contributed by atoms with van der Waals surface area (Å²) in [6.45, 7) is 11.1. The lowest BCUT2D eigenvalue weighted by atomic mass is 9.89. The monoisotopic (exact) mass is 579 g/mol. The number of anilines is 1. The zero-order chi connectivity index (χ0) is 30.2. The van der Waals surface area contributed by atoms with Crippen LogP contribution >= 0.6 is 0 Å². The topological polar surface area (TPSA) is 85.4 Å². The number of ether oxygens (including phenoxy) is 1. The van der Waals surface area contributed by atoms with Crippen LogP contribution in [0.5, 0.6) is 5.75 Å². The Kier molecular flexibility index (Phi) is 10.4. The fourth-order valence-electron chi connectivity index (χ4n) is 6.24. The van der Waals surface area contributed by atoms with Crippen LogP contribution in [0.1, 0.15) is 55.7 Å². The van der Waals surface area contributed by atoms with Crippen LogP contribution in [0.15, 0.2) is 66.7 Å². The lowest BCUT2D eigenvalue weighted by Crippen LogP contribution is -2.31. The van der Waals surface area contributed by atoms with Crippen molar-refractivity contribution in [3.63, 3.8) is 0 Å². The van der Waals surface area contributed by atoms with Gasteiger partial charge in [-0.2, -0.15) is 0 Å². The molecular formula is C36H45N5O2. The van der Waals surface area contributed by atoms with E-state index in [0.717, 1.165) is 58.9 Å². The van der Waals surface area contributed by atoms with Gasteiger partial charge in [-0.05, 0) is 105 Å². The molecule has 3 N–H and O–H groups in total. The minimum Gasteiger partial charge on any atom is -0.497 e. The van der Waals surface area contributed by atoms with E-state index in [1.54, 1.807) is 7.11 Å². The molecule has 1 fully saturated rings. The Balaban J connectivity index is 1.47. The molecule has 5 rings (SSSR count). The number of amides is 1. The number of nitrogens with two attached hydrogens (primary N) is 1. The van der Waals surface area contributed by atoms with E-state index in [-0.39, 0.29) is 18.4 Å². The van der Waals surface area contributed by atoms with E-state index in [1.165, 1.54) is 37.7 Å². The first kappa shape index (κ1) is 30.6. The normalized spacial score (nSPS) is 14.6. The number of nitrogens with one attached hydrogen (secondary N) is 1. The van der Waals surface area contributed by atoms with E-state index >= 15 is 0 Å². The maximum atomic E-state index is 12.1. The predicted molar refractivity (Wildman–Crippen MR) is 176 cm³/mol. The Morgan fingerprint density at radius 3 is 2.42 bits per heavy atom. The largest absolute Gasteiger partial charge is 0.497 e. The van der Waals surface area contributed by atoms with Gasteiger partial charge in [0, 0.05) is 43.3 Å². The lowest BCUT2D eigenvalue weighted by Gasteiger charge is -2.25. The van der Waals surface area contributed by atoms with Crippen LogP contribution in [0.25, 0.3) is 22.4 Å². The predicted octanol–water partition coefficient (Wildman–Crippen LogP) is 6.52. The van der Waals surface area contributed by atoms with E-state index in [0.29, 0.717) is 19.0 Å². The highest BCUT2D eigenvalue weighted by atomic mass is 16.5. The van der Waals surface area contributed by atoms with Gasteiger partial charge in [-0.25, -0.2) is 4.98 Å². The van der Waals surface area contributed by atoms with Crippen LogP contribution in [-0.2, 0) is 17.8 Å². The summed E-state index contributed by atoms with van der Waals surface area (Å²) in [5.74, 6) is 2.13. The fourth-order valence-corrected chi connectivity index (χ4v) is 6.24. The first-order chi connectivity index (χ1) is 21.0. The second-order valence-corrected chi connectivity index (χ2v) is 11.6. The summed E-state index contributed by atoms with van der Waals surface area (Å²) in [4.78, 5) is 19.4. The number of rotatable bonds is 14. The number of aryl methyl sites for hydroxylation is 2. The third-order valence-corrected chi connectivity index (χ3v) is 8.77. The molecule has 0 saturated heterocycles. The van der Waals surface area contributed by atoms with Crippen molar-refractivity contribution >= 4 is 22.6 Å². The highest BCUT2D eigenvalue weighted by molar-refractivity contribution is 5.82. The molecule has 1 unspecified atom stereocenters. The van der Waals surface area contributed by atoms with Crippen molar-refractivity contribution in [2.24, 2.45) is 11.7 Å². The third kappa shape index (κ3) is 7.57. The highest BCUT2D eigenvalue weighted by Crippen LogP contribution is 2.31. The Hall–Kier alpha value is -3.84. The van der Waals surface area contributed by atoms with Crippen molar-refractivity contribution in [1.29, 1.82) is 0 Å². The van der Waals surface area contributed by atoms with Gasteiger partial charge < -0.3 is 25.3 Å². The molecule has 0 spiro atoms. The zero-order valence-corrected chi connectivity index (χ0v) is 25.4. The van der Waals surface area contributed by atoms with Gasteiger partial charge in [-0.3, -0.25) is 4.79 Å². The van der Waals surface area contributed by atoms with Crippen LogP contribution in [0.4, 0.5) is 5.69 Å². The van der Waals surface area contributed by atoms with E-state index in [4.69, 9.17) is 15.5 Å². The number of benzene rings is 3. The van der Waals surface area contributed by atoms with Gasteiger partial charge in [0.05, 0.1) is 18.1 Å². The molecule has 7 nitrogen and oxygen atoms in total. The first-order valence-electron chi connectivity index (χ1n) is 15.6. The summed E-state index contributed by atoms with van der Waals surface area (Å²) >= 11 is 0. The van der Waals surface area contributed by atoms with Crippen molar-refractivity contribution in [1.82, 2.24) is 14.9 Å². The summed E-state index contributed by atoms with van der Waals surface area (Å²) in [5.41, 5.74) is 12.1. The molecule has 1 atom stereocenters. The number of carbonyl (C=O) groups is 1. The first-order valence-corrected chi connectivity index (χ1v) is 15.6. The molecule has 1 aliphatic rings. The summed E-state index contributed by atoms with van der Waals surface area (Å²) < 4.78 is 7.65. The number of carbonyl (C=O) groups excluding carboxylic acids is 1. The number of aromatic nitrogens is 2. The van der Waals surface area contributed by atoms with Crippen molar-refractivity contribution in [3.05, 3.63) is 91.7 Å². The molecule has 1 amide bonds. The molecule has 43 heavy (non-hydrogen) atoms. The van der Waals surface area contributed by atoms with Gasteiger partial charge in [-0.1, -0.05) is 37.5 Å². The Bertz CT molecular complexity index is 1470. The van der Waals surface area contributed by atoms with Crippen LogP contribution in [0, 0.1) is 19.8 Å². The van der Waals surface area contributed by atoms with Crippen molar-refractivity contribution in [3.8, 4) is 17.1 Å². The van der Waals surface area contributed by atoms with Crippen LogP contribution in [-0.4, -0.2) is 42.2 Å². The Morgan fingerprint density at radius 1 is 1.05 bits per heavy atom. The summed E-state index contributed by atoms with van der Waals surface area (Å²) in [6.07, 6.45) is 7.52. The average molecular weight is 580 g/mol. The summed E-state index contributed by atoms with van der Waals surface area (Å²) in [5, 5.41) is 3.68. The van der Waals surface area contributed by atoms with Gasteiger partial charge in [0.15, 0.2) is 0 Å². The minimum absolute atomic E-state index is 0.132. The molecule has 1 aromatic heterocycles.